The van der Waals surface area contributed by atoms with E-state index in [4.69, 9.17) is 5.73 Å². The summed E-state index contributed by atoms with van der Waals surface area (Å²) in [5.74, 6) is 0. The summed E-state index contributed by atoms with van der Waals surface area (Å²) in [6, 6.07) is 0. The molecule has 0 saturated carbocycles. The highest BCUT2D eigenvalue weighted by Gasteiger charge is 2.13. The second-order valence-electron chi connectivity index (χ2n) is 3.14. The maximum absolute atomic E-state index is 5.53. The molecule has 0 bridgehead atoms. The van der Waals surface area contributed by atoms with Crippen LogP contribution in [0.3, 0.4) is 0 Å². The molecule has 0 aliphatic carbocycles. The molecule has 0 aromatic carbocycles. The minimum Gasteiger partial charge on any atom is -0.318 e. The Kier molecular flexibility index (Phi) is 8.40. The molecule has 1 heterocycles. The molecule has 3 nitrogen and oxygen atoms in total. The Bertz CT molecular complexity index is 98.3. The third-order valence-corrected chi connectivity index (χ3v) is 2.26. The highest BCUT2D eigenvalue weighted by Crippen LogP contribution is 1.99. The quantitative estimate of drug-likeness (QED) is 0.714. The van der Waals surface area contributed by atoms with E-state index in [0.717, 1.165) is 19.8 Å². The van der Waals surface area contributed by atoms with Gasteiger partial charge in [-0.2, -0.15) is 0 Å². The zero-order valence-electron chi connectivity index (χ0n) is 9.42. The summed E-state index contributed by atoms with van der Waals surface area (Å²) < 4.78 is 0. The van der Waals surface area contributed by atoms with Crippen molar-refractivity contribution in [2.75, 3.05) is 39.4 Å². The number of rotatable bonds is 3. The molecule has 0 spiro atoms. The molecule has 13 heavy (non-hydrogen) atoms. The Morgan fingerprint density at radius 1 is 1.00 bits per heavy atom. The summed E-state index contributed by atoms with van der Waals surface area (Å²) in [5.41, 5.74) is 5.53. The first-order valence-electron chi connectivity index (χ1n) is 5.51. The largest absolute Gasteiger partial charge is 0.318 e. The van der Waals surface area contributed by atoms with E-state index in [1.807, 2.05) is 13.8 Å². The normalized spacial score (nSPS) is 19.4. The number of hydrogen-bond donors (Lipinski definition) is 1. The lowest BCUT2D eigenvalue weighted by molar-refractivity contribution is 0.135. The molecule has 0 unspecified atom stereocenters. The summed E-state index contributed by atoms with van der Waals surface area (Å²) in [6.45, 7) is 12.9. The summed E-state index contributed by atoms with van der Waals surface area (Å²) in [7, 11) is 0. The van der Waals surface area contributed by atoms with Crippen LogP contribution < -0.4 is 5.73 Å². The number of hydrogen-bond acceptors (Lipinski definition) is 3. The smallest absolute Gasteiger partial charge is 0.0456 e. The van der Waals surface area contributed by atoms with Gasteiger partial charge in [0, 0.05) is 32.8 Å². The van der Waals surface area contributed by atoms with Gasteiger partial charge in [0.25, 0.3) is 0 Å². The lowest BCUT2D eigenvalue weighted by Crippen LogP contribution is -2.48. The fraction of sp³-hybridized carbons (Fsp3) is 1.00. The Balaban J connectivity index is 0.000000671. The molecule has 0 atom stereocenters. The molecule has 1 aliphatic heterocycles. The van der Waals surface area contributed by atoms with E-state index in [1.54, 1.807) is 0 Å². The van der Waals surface area contributed by atoms with Crippen molar-refractivity contribution in [1.29, 1.82) is 0 Å². The summed E-state index contributed by atoms with van der Waals surface area (Å²) >= 11 is 0. The molecule has 3 heteroatoms. The van der Waals surface area contributed by atoms with Crippen LogP contribution in [0.25, 0.3) is 0 Å². The van der Waals surface area contributed by atoms with Crippen molar-refractivity contribution in [1.82, 2.24) is 9.80 Å². The van der Waals surface area contributed by atoms with E-state index in [1.165, 1.54) is 26.1 Å². The first kappa shape index (κ1) is 12.9. The van der Waals surface area contributed by atoms with Crippen molar-refractivity contribution in [3.8, 4) is 0 Å². The van der Waals surface area contributed by atoms with Crippen molar-refractivity contribution in [3.63, 3.8) is 0 Å². The van der Waals surface area contributed by atoms with Gasteiger partial charge in [-0.15, -0.1) is 0 Å². The topological polar surface area (TPSA) is 32.5 Å². The molecule has 1 aliphatic rings. The standard InChI is InChI=1S/C8H19N3.C2H6/c1-2-3-10-4-6-11(8-9)7-5-10;1-2/h2-9H2,1H3;1-2H3. The predicted molar refractivity (Wildman–Crippen MR) is 58.7 cm³/mol. The van der Waals surface area contributed by atoms with E-state index in [0.29, 0.717) is 0 Å². The molecule has 1 fully saturated rings. The lowest BCUT2D eigenvalue weighted by atomic mass is 10.3. The van der Waals surface area contributed by atoms with Crippen LogP contribution >= 0.6 is 0 Å². The molecule has 1 rings (SSSR count). The third kappa shape index (κ3) is 5.24. The Labute approximate surface area is 82.9 Å². The average molecular weight is 187 g/mol. The highest BCUT2D eigenvalue weighted by molar-refractivity contribution is 4.69. The first-order chi connectivity index (χ1) is 6.36. The fourth-order valence-electron chi connectivity index (χ4n) is 1.51. The van der Waals surface area contributed by atoms with E-state index < -0.39 is 0 Å². The fourth-order valence-corrected chi connectivity index (χ4v) is 1.51. The minimum atomic E-state index is 0.722. The molecule has 1 saturated heterocycles. The van der Waals surface area contributed by atoms with Gasteiger partial charge in [0.05, 0.1) is 0 Å². The van der Waals surface area contributed by atoms with Crippen LogP contribution in [-0.4, -0.2) is 49.2 Å². The van der Waals surface area contributed by atoms with Crippen molar-refractivity contribution >= 4 is 0 Å². The van der Waals surface area contributed by atoms with Gasteiger partial charge in [0.15, 0.2) is 0 Å². The molecule has 0 radical (unpaired) electrons. The summed E-state index contributed by atoms with van der Waals surface area (Å²) in [5, 5.41) is 0. The lowest BCUT2D eigenvalue weighted by Gasteiger charge is -2.33. The van der Waals surface area contributed by atoms with Gasteiger partial charge in [-0.25, -0.2) is 0 Å². The van der Waals surface area contributed by atoms with E-state index in [-0.39, 0.29) is 0 Å². The predicted octanol–water partition coefficient (Wildman–Crippen LogP) is 0.956. The Hall–Kier alpha value is -0.120. The average Bonchev–Trinajstić information content (AvgIpc) is 2.23. The number of nitrogens with two attached hydrogens (primary N) is 1. The van der Waals surface area contributed by atoms with Gasteiger partial charge in [0.2, 0.25) is 0 Å². The SMILES string of the molecule is CC.CCCN1CCN(CN)CC1. The zero-order chi connectivity index (χ0) is 10.1. The van der Waals surface area contributed by atoms with Crippen LogP contribution in [0.2, 0.25) is 0 Å². The van der Waals surface area contributed by atoms with Crippen LogP contribution in [0.4, 0.5) is 0 Å². The van der Waals surface area contributed by atoms with Crippen molar-refractivity contribution in [3.05, 3.63) is 0 Å². The zero-order valence-corrected chi connectivity index (χ0v) is 9.42. The summed E-state index contributed by atoms with van der Waals surface area (Å²) in [6.07, 6.45) is 1.27. The summed E-state index contributed by atoms with van der Waals surface area (Å²) in [4.78, 5) is 4.80. The van der Waals surface area contributed by atoms with E-state index >= 15 is 0 Å². The first-order valence-corrected chi connectivity index (χ1v) is 5.51. The number of nitrogens with zero attached hydrogens (tertiary/aromatic N) is 2. The molecule has 80 valence electrons. The minimum absolute atomic E-state index is 0.722. The second-order valence-corrected chi connectivity index (χ2v) is 3.14. The van der Waals surface area contributed by atoms with Gasteiger partial charge in [-0.3, -0.25) is 4.90 Å². The maximum atomic E-state index is 5.53. The van der Waals surface area contributed by atoms with Gasteiger partial charge in [-0.05, 0) is 13.0 Å². The van der Waals surface area contributed by atoms with Crippen LogP contribution in [-0.2, 0) is 0 Å². The second kappa shape index (κ2) is 8.48. The van der Waals surface area contributed by atoms with Gasteiger partial charge < -0.3 is 10.6 Å². The van der Waals surface area contributed by atoms with Crippen LogP contribution in [0.1, 0.15) is 27.2 Å². The molecule has 0 amide bonds. The molecule has 2 N–H and O–H groups in total. The highest BCUT2D eigenvalue weighted by atomic mass is 15.3. The van der Waals surface area contributed by atoms with E-state index in [2.05, 4.69) is 16.7 Å². The van der Waals surface area contributed by atoms with Crippen LogP contribution in [0.15, 0.2) is 0 Å². The van der Waals surface area contributed by atoms with Crippen LogP contribution in [0.5, 0.6) is 0 Å². The van der Waals surface area contributed by atoms with Gasteiger partial charge >= 0.3 is 0 Å². The van der Waals surface area contributed by atoms with Gasteiger partial charge in [0.1, 0.15) is 0 Å². The van der Waals surface area contributed by atoms with Crippen molar-refractivity contribution in [2.24, 2.45) is 5.73 Å². The molecule has 0 aromatic rings. The molecule has 0 aromatic heterocycles. The van der Waals surface area contributed by atoms with Crippen molar-refractivity contribution < 1.29 is 0 Å². The molecular weight excluding hydrogens is 162 g/mol. The third-order valence-electron chi connectivity index (χ3n) is 2.26. The maximum Gasteiger partial charge on any atom is 0.0456 e. The Morgan fingerprint density at radius 3 is 1.85 bits per heavy atom. The Morgan fingerprint density at radius 2 is 1.46 bits per heavy atom. The van der Waals surface area contributed by atoms with Crippen LogP contribution in [0, 0.1) is 0 Å². The van der Waals surface area contributed by atoms with Crippen molar-refractivity contribution in [2.45, 2.75) is 27.2 Å². The molecular formula is C10H25N3. The monoisotopic (exact) mass is 187 g/mol. The van der Waals surface area contributed by atoms with Gasteiger partial charge in [-0.1, -0.05) is 20.8 Å². The van der Waals surface area contributed by atoms with E-state index in [9.17, 15) is 0 Å². The number of piperazine rings is 1.